The zero-order valence-corrected chi connectivity index (χ0v) is 13.4. The summed E-state index contributed by atoms with van der Waals surface area (Å²) in [6.45, 7) is 10.2. The lowest BCUT2D eigenvalue weighted by molar-refractivity contribution is -0.151. The van der Waals surface area contributed by atoms with Crippen molar-refractivity contribution in [3.63, 3.8) is 0 Å². The summed E-state index contributed by atoms with van der Waals surface area (Å²) in [6.07, 6.45) is 4.46. The third kappa shape index (κ3) is 3.34. The molecule has 0 radical (unpaired) electrons. The predicted molar refractivity (Wildman–Crippen MR) is 80.4 cm³/mol. The van der Waals surface area contributed by atoms with Gasteiger partial charge in [0.25, 0.3) is 0 Å². The fourth-order valence-electron chi connectivity index (χ4n) is 4.32. The Kier molecular flexibility index (Phi) is 4.45. The molecule has 0 spiro atoms. The minimum Gasteiger partial charge on any atom is -0.381 e. The van der Waals surface area contributed by atoms with Gasteiger partial charge < -0.3 is 15.4 Å². The first-order valence-electron chi connectivity index (χ1n) is 7.89. The smallest absolute Gasteiger partial charge is 0.223 e. The summed E-state index contributed by atoms with van der Waals surface area (Å²) in [6, 6.07) is 0.187. The molecule has 1 amide bonds. The summed E-state index contributed by atoms with van der Waals surface area (Å²) in [7, 11) is 0. The molecule has 0 saturated carbocycles. The largest absolute Gasteiger partial charge is 0.381 e. The number of rotatable bonds is 2. The van der Waals surface area contributed by atoms with Crippen molar-refractivity contribution in [1.29, 1.82) is 0 Å². The number of amides is 1. The highest BCUT2D eigenvalue weighted by atomic mass is 16.5. The third-order valence-electron chi connectivity index (χ3n) is 4.79. The van der Waals surface area contributed by atoms with Crippen LogP contribution in [0.15, 0.2) is 0 Å². The van der Waals surface area contributed by atoms with Crippen LogP contribution in [0.3, 0.4) is 0 Å². The summed E-state index contributed by atoms with van der Waals surface area (Å²) >= 11 is 0. The van der Waals surface area contributed by atoms with Crippen molar-refractivity contribution >= 4 is 5.91 Å². The van der Waals surface area contributed by atoms with Crippen LogP contribution in [0.1, 0.15) is 59.8 Å². The number of likely N-dealkylation sites (tertiary alicyclic amines) is 1. The molecule has 2 saturated heterocycles. The van der Waals surface area contributed by atoms with E-state index in [2.05, 4.69) is 32.6 Å². The normalized spacial score (nSPS) is 27.6. The molecule has 116 valence electrons. The molecule has 0 aromatic rings. The van der Waals surface area contributed by atoms with E-state index >= 15 is 0 Å². The molecular weight excluding hydrogens is 252 g/mol. The van der Waals surface area contributed by atoms with Crippen LogP contribution in [-0.4, -0.2) is 41.1 Å². The van der Waals surface area contributed by atoms with Gasteiger partial charge in [0.05, 0.1) is 0 Å². The quantitative estimate of drug-likeness (QED) is 0.845. The average molecular weight is 282 g/mol. The summed E-state index contributed by atoms with van der Waals surface area (Å²) in [4.78, 5) is 15.0. The number of carbonyl (C=O) groups excluding carboxylic acids is 1. The second-order valence-electron chi connectivity index (χ2n) is 7.78. The first kappa shape index (κ1) is 15.8. The summed E-state index contributed by atoms with van der Waals surface area (Å²) in [5.41, 5.74) is 5.88. The van der Waals surface area contributed by atoms with E-state index in [4.69, 9.17) is 10.5 Å². The lowest BCUT2D eigenvalue weighted by atomic mass is 9.76. The van der Waals surface area contributed by atoms with Crippen molar-refractivity contribution in [1.82, 2.24) is 4.90 Å². The maximum absolute atomic E-state index is 12.8. The van der Waals surface area contributed by atoms with E-state index < -0.39 is 0 Å². The van der Waals surface area contributed by atoms with E-state index in [-0.39, 0.29) is 17.1 Å². The molecule has 2 rings (SSSR count). The predicted octanol–water partition coefficient (Wildman–Crippen LogP) is 2.31. The second kappa shape index (κ2) is 5.64. The topological polar surface area (TPSA) is 55.6 Å². The van der Waals surface area contributed by atoms with Gasteiger partial charge in [-0.25, -0.2) is 0 Å². The fraction of sp³-hybridized carbons (Fsp3) is 0.938. The molecule has 0 aliphatic carbocycles. The number of nitrogens with two attached hydrogens (primary N) is 1. The molecule has 2 aliphatic rings. The summed E-state index contributed by atoms with van der Waals surface area (Å²) in [5.74, 6) is 0.775. The van der Waals surface area contributed by atoms with Crippen molar-refractivity contribution in [3.8, 4) is 0 Å². The maximum atomic E-state index is 12.8. The highest BCUT2D eigenvalue weighted by molar-refractivity contribution is 5.78. The van der Waals surface area contributed by atoms with E-state index in [0.717, 1.165) is 38.9 Å². The van der Waals surface area contributed by atoms with Crippen molar-refractivity contribution < 1.29 is 9.53 Å². The molecular formula is C16H30N2O2. The van der Waals surface area contributed by atoms with Crippen LogP contribution >= 0.6 is 0 Å². The number of ether oxygens (including phenoxy) is 1. The van der Waals surface area contributed by atoms with Gasteiger partial charge in [-0.05, 0) is 59.3 Å². The first-order valence-corrected chi connectivity index (χ1v) is 7.89. The number of nitrogens with zero attached hydrogens (tertiary/aromatic N) is 1. The minimum atomic E-state index is -0.149. The van der Waals surface area contributed by atoms with E-state index in [1.807, 2.05) is 0 Å². The van der Waals surface area contributed by atoms with E-state index in [1.54, 1.807) is 0 Å². The lowest BCUT2D eigenvalue weighted by Gasteiger charge is -2.55. The molecule has 2 fully saturated rings. The monoisotopic (exact) mass is 282 g/mol. The summed E-state index contributed by atoms with van der Waals surface area (Å²) < 4.78 is 5.38. The van der Waals surface area contributed by atoms with E-state index in [1.165, 1.54) is 0 Å². The Morgan fingerprint density at radius 3 is 2.15 bits per heavy atom. The van der Waals surface area contributed by atoms with Crippen LogP contribution in [0.5, 0.6) is 0 Å². The van der Waals surface area contributed by atoms with Crippen LogP contribution in [0.4, 0.5) is 0 Å². The molecule has 2 heterocycles. The van der Waals surface area contributed by atoms with Crippen molar-refractivity contribution in [2.75, 3.05) is 13.2 Å². The molecule has 2 N–H and O–H groups in total. The Morgan fingerprint density at radius 2 is 1.65 bits per heavy atom. The second-order valence-corrected chi connectivity index (χ2v) is 7.78. The highest BCUT2D eigenvalue weighted by Gasteiger charge is 2.46. The number of carbonyl (C=O) groups is 1. The zero-order chi connectivity index (χ0) is 15.0. The fourth-order valence-corrected chi connectivity index (χ4v) is 4.32. The van der Waals surface area contributed by atoms with Crippen molar-refractivity contribution in [3.05, 3.63) is 0 Å². The van der Waals surface area contributed by atoms with Gasteiger partial charge in [0, 0.05) is 36.8 Å². The average Bonchev–Trinajstić information content (AvgIpc) is 2.25. The van der Waals surface area contributed by atoms with Gasteiger partial charge in [0.15, 0.2) is 0 Å². The molecule has 0 bridgehead atoms. The number of hydrogen-bond acceptors (Lipinski definition) is 3. The van der Waals surface area contributed by atoms with Gasteiger partial charge in [-0.1, -0.05) is 0 Å². The molecule has 20 heavy (non-hydrogen) atoms. The van der Waals surface area contributed by atoms with Crippen LogP contribution in [0.2, 0.25) is 0 Å². The van der Waals surface area contributed by atoms with Gasteiger partial charge >= 0.3 is 0 Å². The first-order chi connectivity index (χ1) is 9.22. The van der Waals surface area contributed by atoms with Gasteiger partial charge in [-0.3, -0.25) is 4.79 Å². The van der Waals surface area contributed by atoms with Crippen molar-refractivity contribution in [2.45, 2.75) is 76.9 Å². The Labute approximate surface area is 123 Å². The third-order valence-corrected chi connectivity index (χ3v) is 4.79. The Hall–Kier alpha value is -0.610. The molecule has 2 aliphatic heterocycles. The maximum Gasteiger partial charge on any atom is 0.223 e. The Morgan fingerprint density at radius 1 is 1.15 bits per heavy atom. The molecule has 0 aromatic carbocycles. The molecule has 0 aromatic heterocycles. The zero-order valence-electron chi connectivity index (χ0n) is 13.4. The number of hydrogen-bond donors (Lipinski definition) is 1. The Balaban J connectivity index is 2.09. The van der Waals surface area contributed by atoms with Crippen LogP contribution in [0, 0.1) is 5.92 Å². The van der Waals surface area contributed by atoms with Crippen LogP contribution in [-0.2, 0) is 9.53 Å². The van der Waals surface area contributed by atoms with Crippen molar-refractivity contribution in [2.24, 2.45) is 11.7 Å². The van der Waals surface area contributed by atoms with Gasteiger partial charge in [0.2, 0.25) is 5.91 Å². The Bertz CT molecular complexity index is 341. The van der Waals surface area contributed by atoms with Gasteiger partial charge in [-0.2, -0.15) is 0 Å². The molecule has 4 nitrogen and oxygen atoms in total. The van der Waals surface area contributed by atoms with Gasteiger partial charge in [-0.15, -0.1) is 0 Å². The number of piperidine rings is 1. The SMILES string of the molecule is CC1(C)CC(N)CC(C)(C)N1C(=O)CC1CCOCC1. The van der Waals surface area contributed by atoms with E-state index in [9.17, 15) is 4.79 Å². The molecule has 0 unspecified atom stereocenters. The van der Waals surface area contributed by atoms with E-state index in [0.29, 0.717) is 18.2 Å². The summed E-state index contributed by atoms with van der Waals surface area (Å²) in [5, 5.41) is 0. The standard InChI is InChI=1S/C16H30N2O2/c1-15(2)10-13(17)11-16(3,4)18(15)14(19)9-12-5-7-20-8-6-12/h12-13H,5-11,17H2,1-4H3. The molecule has 4 heteroatoms. The molecule has 0 atom stereocenters. The van der Waals surface area contributed by atoms with Gasteiger partial charge in [0.1, 0.15) is 0 Å². The van der Waals surface area contributed by atoms with Crippen LogP contribution < -0.4 is 5.73 Å². The minimum absolute atomic E-state index is 0.149. The lowest BCUT2D eigenvalue weighted by Crippen LogP contribution is -2.65. The highest BCUT2D eigenvalue weighted by Crippen LogP contribution is 2.39. The van der Waals surface area contributed by atoms with Crippen LogP contribution in [0.25, 0.3) is 0 Å².